The predicted octanol–water partition coefficient (Wildman–Crippen LogP) is 3.65. The lowest BCUT2D eigenvalue weighted by Crippen LogP contribution is -2.09. The number of benzene rings is 1. The molecule has 1 aliphatic rings. The van der Waals surface area contributed by atoms with Crippen molar-refractivity contribution in [3.8, 4) is 5.75 Å². The number of hydrogen-bond acceptors (Lipinski definition) is 5. The zero-order valence-corrected chi connectivity index (χ0v) is 12.5. The fourth-order valence-electron chi connectivity index (χ4n) is 2.18. The highest BCUT2D eigenvalue weighted by Gasteiger charge is 2.31. The molecule has 2 heterocycles. The van der Waals surface area contributed by atoms with Crippen LogP contribution in [0.5, 0.6) is 5.75 Å². The van der Waals surface area contributed by atoms with Crippen LogP contribution in [-0.4, -0.2) is 22.0 Å². The maximum atomic E-state index is 12.6. The molecule has 6 nitrogen and oxygen atoms in total. The van der Waals surface area contributed by atoms with Crippen molar-refractivity contribution in [3.05, 3.63) is 59.4 Å². The molecule has 130 valence electrons. The van der Waals surface area contributed by atoms with E-state index in [9.17, 15) is 18.0 Å². The van der Waals surface area contributed by atoms with Gasteiger partial charge in [0, 0.05) is 0 Å². The topological polar surface area (TPSA) is 81.0 Å². The van der Waals surface area contributed by atoms with E-state index in [0.29, 0.717) is 5.56 Å². The van der Waals surface area contributed by atoms with Gasteiger partial charge < -0.3 is 14.7 Å². The average molecular weight is 352 g/mol. The molecule has 9 heteroatoms. The largest absolute Gasteiger partial charge is 0.477 e. The second-order valence-corrected chi connectivity index (χ2v) is 5.19. The van der Waals surface area contributed by atoms with Gasteiger partial charge in [-0.3, -0.25) is 0 Å². The molecule has 1 aromatic heterocycles. The number of nitrogens with zero attached hydrogens (tertiary/aromatic N) is 2. The lowest BCUT2D eigenvalue weighted by molar-refractivity contribution is -0.137. The van der Waals surface area contributed by atoms with Crippen molar-refractivity contribution >= 4 is 11.9 Å². The Bertz CT molecular complexity index is 802. The van der Waals surface area contributed by atoms with Crippen molar-refractivity contribution in [2.45, 2.75) is 18.7 Å². The van der Waals surface area contributed by atoms with E-state index in [-0.39, 0.29) is 23.8 Å². The van der Waals surface area contributed by atoms with Gasteiger partial charge in [0.05, 0.1) is 18.2 Å². The molecule has 0 unspecified atom stereocenters. The molecule has 0 fully saturated rings. The minimum absolute atomic E-state index is 0.125. The summed E-state index contributed by atoms with van der Waals surface area (Å²) in [5.74, 6) is -0.661. The first-order valence-corrected chi connectivity index (χ1v) is 7.10. The summed E-state index contributed by atoms with van der Waals surface area (Å²) in [5.41, 5.74) is -0.328. The summed E-state index contributed by atoms with van der Waals surface area (Å²) >= 11 is 0. The second kappa shape index (κ2) is 6.42. The molecule has 0 radical (unpaired) electrons. The van der Waals surface area contributed by atoms with Gasteiger partial charge in [-0.05, 0) is 29.8 Å². The highest BCUT2D eigenvalue weighted by atomic mass is 19.4. The van der Waals surface area contributed by atoms with Crippen LogP contribution in [0.3, 0.4) is 0 Å². The van der Waals surface area contributed by atoms with E-state index >= 15 is 0 Å². The maximum absolute atomic E-state index is 12.6. The molecule has 0 spiro atoms. The van der Waals surface area contributed by atoms with Crippen molar-refractivity contribution in [2.24, 2.45) is 5.16 Å². The first-order valence-electron chi connectivity index (χ1n) is 7.10. The third-order valence-electron chi connectivity index (χ3n) is 3.44. The van der Waals surface area contributed by atoms with Crippen LogP contribution in [0, 0.1) is 0 Å². The van der Waals surface area contributed by atoms with E-state index in [1.807, 2.05) is 0 Å². The number of oxime groups is 1. The SMILES string of the molecule is O=C(O)c1ccc(OC2=NO[C@H](c3ccc(C(F)(F)F)cc3)C2)cn1. The molecule has 2 aromatic rings. The monoisotopic (exact) mass is 352 g/mol. The Morgan fingerprint density at radius 1 is 1.20 bits per heavy atom. The maximum Gasteiger partial charge on any atom is 0.416 e. The summed E-state index contributed by atoms with van der Waals surface area (Å²) in [5, 5.41) is 12.5. The minimum atomic E-state index is -4.39. The minimum Gasteiger partial charge on any atom is -0.477 e. The van der Waals surface area contributed by atoms with E-state index in [1.54, 1.807) is 0 Å². The number of aromatic nitrogens is 1. The summed E-state index contributed by atoms with van der Waals surface area (Å²) in [7, 11) is 0. The molecule has 0 bridgehead atoms. The number of ether oxygens (including phenoxy) is 1. The van der Waals surface area contributed by atoms with Gasteiger partial charge in [0.1, 0.15) is 11.4 Å². The molecule has 0 aliphatic carbocycles. The third-order valence-corrected chi connectivity index (χ3v) is 3.44. The molecule has 1 atom stereocenters. The Balaban J connectivity index is 1.62. The van der Waals surface area contributed by atoms with Crippen molar-refractivity contribution < 1.29 is 32.6 Å². The number of carbonyl (C=O) groups is 1. The Morgan fingerprint density at radius 3 is 2.48 bits per heavy atom. The van der Waals surface area contributed by atoms with Crippen LogP contribution < -0.4 is 4.74 Å². The number of hydrogen-bond donors (Lipinski definition) is 1. The molecule has 0 saturated carbocycles. The first-order chi connectivity index (χ1) is 11.8. The van der Waals surface area contributed by atoms with Gasteiger partial charge in [-0.2, -0.15) is 13.2 Å². The molecular formula is C16H11F3N2O4. The number of carboxylic acids is 1. The second-order valence-electron chi connectivity index (χ2n) is 5.19. The number of carboxylic acid groups (broad SMARTS) is 1. The summed E-state index contributed by atoms with van der Waals surface area (Å²) < 4.78 is 43.1. The normalized spacial score (nSPS) is 16.9. The van der Waals surface area contributed by atoms with Gasteiger partial charge in [0.15, 0.2) is 6.10 Å². The number of aromatic carboxylic acids is 1. The van der Waals surface area contributed by atoms with Gasteiger partial charge >= 0.3 is 12.1 Å². The van der Waals surface area contributed by atoms with Crippen LogP contribution in [0.2, 0.25) is 0 Å². The van der Waals surface area contributed by atoms with E-state index in [4.69, 9.17) is 14.7 Å². The highest BCUT2D eigenvalue weighted by molar-refractivity contribution is 5.85. The number of halogens is 3. The lowest BCUT2D eigenvalue weighted by atomic mass is 10.0. The highest BCUT2D eigenvalue weighted by Crippen LogP contribution is 2.32. The summed E-state index contributed by atoms with van der Waals surface area (Å²) in [6.45, 7) is 0. The zero-order valence-electron chi connectivity index (χ0n) is 12.5. The van der Waals surface area contributed by atoms with E-state index in [0.717, 1.165) is 12.1 Å². The fraction of sp³-hybridized carbons (Fsp3) is 0.188. The van der Waals surface area contributed by atoms with Crippen molar-refractivity contribution in [2.75, 3.05) is 0 Å². The third kappa shape index (κ3) is 3.87. The standard InChI is InChI=1S/C16H11F3N2O4/c17-16(18,19)10-3-1-9(2-4-10)13-7-14(21-25-13)24-11-5-6-12(15(22)23)20-8-11/h1-6,8,13H,7H2,(H,22,23)/t13-/m0/s1. The van der Waals surface area contributed by atoms with Crippen LogP contribution in [0.1, 0.15) is 34.1 Å². The van der Waals surface area contributed by atoms with Crippen molar-refractivity contribution in [1.29, 1.82) is 0 Å². The van der Waals surface area contributed by atoms with Crippen LogP contribution >= 0.6 is 0 Å². The van der Waals surface area contributed by atoms with Crippen LogP contribution in [0.15, 0.2) is 47.8 Å². The van der Waals surface area contributed by atoms with Crippen LogP contribution in [0.25, 0.3) is 0 Å². The van der Waals surface area contributed by atoms with Gasteiger partial charge in [0.2, 0.25) is 5.90 Å². The average Bonchev–Trinajstić information content (AvgIpc) is 3.03. The Kier molecular flexibility index (Phi) is 4.30. The molecule has 1 aliphatic heterocycles. The van der Waals surface area contributed by atoms with Crippen LogP contribution in [0.4, 0.5) is 13.2 Å². The Labute approximate surface area is 139 Å². The van der Waals surface area contributed by atoms with Crippen LogP contribution in [-0.2, 0) is 11.0 Å². The molecule has 25 heavy (non-hydrogen) atoms. The lowest BCUT2D eigenvalue weighted by Gasteiger charge is -2.10. The Morgan fingerprint density at radius 2 is 1.92 bits per heavy atom. The smallest absolute Gasteiger partial charge is 0.416 e. The van der Waals surface area contributed by atoms with Crippen molar-refractivity contribution in [3.63, 3.8) is 0 Å². The predicted molar refractivity (Wildman–Crippen MR) is 79.1 cm³/mol. The molecule has 1 aromatic carbocycles. The molecule has 1 N–H and O–H groups in total. The summed E-state index contributed by atoms with van der Waals surface area (Å²) in [4.78, 5) is 19.6. The zero-order chi connectivity index (χ0) is 18.0. The Hall–Kier alpha value is -3.10. The quantitative estimate of drug-likeness (QED) is 0.912. The first kappa shape index (κ1) is 16.7. The molecule has 0 amide bonds. The number of pyridine rings is 1. The van der Waals surface area contributed by atoms with E-state index in [1.165, 1.54) is 30.5 Å². The van der Waals surface area contributed by atoms with E-state index in [2.05, 4.69) is 10.1 Å². The molecule has 3 rings (SSSR count). The number of alkyl halides is 3. The summed E-state index contributed by atoms with van der Waals surface area (Å²) in [6, 6.07) is 7.31. The van der Waals surface area contributed by atoms with Gasteiger partial charge in [0.25, 0.3) is 0 Å². The fourth-order valence-corrected chi connectivity index (χ4v) is 2.18. The summed E-state index contributed by atoms with van der Waals surface area (Å²) in [6.07, 6.45) is -3.48. The number of rotatable bonds is 3. The van der Waals surface area contributed by atoms with Gasteiger partial charge in [-0.15, -0.1) is 0 Å². The van der Waals surface area contributed by atoms with E-state index < -0.39 is 23.8 Å². The van der Waals surface area contributed by atoms with Crippen molar-refractivity contribution in [1.82, 2.24) is 4.98 Å². The van der Waals surface area contributed by atoms with Gasteiger partial charge in [-0.1, -0.05) is 17.3 Å². The van der Waals surface area contributed by atoms with Gasteiger partial charge in [-0.25, -0.2) is 9.78 Å². The molecule has 0 saturated heterocycles. The molecular weight excluding hydrogens is 341 g/mol.